The van der Waals surface area contributed by atoms with Gasteiger partial charge in [0.25, 0.3) is 5.91 Å². The van der Waals surface area contributed by atoms with Crippen molar-refractivity contribution in [3.05, 3.63) is 53.6 Å². The normalized spacial score (nSPS) is 18.3. The van der Waals surface area contributed by atoms with Gasteiger partial charge in [-0.15, -0.1) is 0 Å². The first kappa shape index (κ1) is 22.6. The van der Waals surface area contributed by atoms with E-state index >= 15 is 0 Å². The summed E-state index contributed by atoms with van der Waals surface area (Å²) in [6.45, 7) is 5.15. The van der Waals surface area contributed by atoms with Crippen molar-refractivity contribution in [3.63, 3.8) is 0 Å². The number of rotatable bonds is 7. The Balaban J connectivity index is 1.53. The van der Waals surface area contributed by atoms with Crippen LogP contribution in [0.25, 0.3) is 0 Å². The first-order valence-electron chi connectivity index (χ1n) is 11.2. The molecule has 0 aromatic heterocycles. The third kappa shape index (κ3) is 4.34. The molecule has 1 atom stereocenters. The minimum atomic E-state index is -3.62. The van der Waals surface area contributed by atoms with Crippen molar-refractivity contribution in [1.29, 1.82) is 0 Å². The van der Waals surface area contributed by atoms with Crippen LogP contribution in [0.4, 0.5) is 11.4 Å². The summed E-state index contributed by atoms with van der Waals surface area (Å²) < 4.78 is 26.5. The predicted octanol–water partition coefficient (Wildman–Crippen LogP) is 2.72. The van der Waals surface area contributed by atoms with E-state index in [9.17, 15) is 13.2 Å². The zero-order valence-corrected chi connectivity index (χ0v) is 19.9. The summed E-state index contributed by atoms with van der Waals surface area (Å²) in [6.07, 6.45) is 3.16. The predicted molar refractivity (Wildman–Crippen MR) is 128 cm³/mol. The van der Waals surface area contributed by atoms with Gasteiger partial charge in [0.15, 0.2) is 0 Å². The molecule has 0 bridgehead atoms. The second-order valence-electron chi connectivity index (χ2n) is 8.79. The van der Waals surface area contributed by atoms with E-state index in [2.05, 4.69) is 40.2 Å². The quantitative estimate of drug-likeness (QED) is 0.694. The molecular formula is C24H32N4O3S. The smallest absolute Gasteiger partial charge is 0.253 e. The highest BCUT2D eigenvalue weighted by molar-refractivity contribution is 7.89. The number of fused-ring (bicyclic) bond motifs is 1. The van der Waals surface area contributed by atoms with Crippen molar-refractivity contribution in [3.8, 4) is 0 Å². The van der Waals surface area contributed by atoms with Crippen molar-refractivity contribution in [1.82, 2.24) is 9.62 Å². The van der Waals surface area contributed by atoms with E-state index in [4.69, 9.17) is 0 Å². The summed E-state index contributed by atoms with van der Waals surface area (Å²) in [7, 11) is -0.624. The molecule has 2 aliphatic heterocycles. The maximum Gasteiger partial charge on any atom is 0.253 e. The van der Waals surface area contributed by atoms with Gasteiger partial charge in [-0.1, -0.05) is 18.2 Å². The number of carbonyl (C=O) groups is 1. The number of nitrogens with zero attached hydrogens (tertiary/aromatic N) is 3. The number of benzene rings is 2. The van der Waals surface area contributed by atoms with E-state index in [-0.39, 0.29) is 10.8 Å². The molecule has 0 aliphatic carbocycles. The van der Waals surface area contributed by atoms with E-state index in [0.29, 0.717) is 24.7 Å². The van der Waals surface area contributed by atoms with Gasteiger partial charge in [-0.25, -0.2) is 12.7 Å². The lowest BCUT2D eigenvalue weighted by atomic mass is 10.1. The molecule has 8 heteroatoms. The van der Waals surface area contributed by atoms with Gasteiger partial charge >= 0.3 is 0 Å². The van der Waals surface area contributed by atoms with Crippen LogP contribution in [-0.4, -0.2) is 64.9 Å². The van der Waals surface area contributed by atoms with Gasteiger partial charge in [-0.2, -0.15) is 0 Å². The number of anilines is 2. The molecule has 1 unspecified atom stereocenters. The largest absolute Gasteiger partial charge is 0.371 e. The van der Waals surface area contributed by atoms with E-state index in [0.717, 1.165) is 38.0 Å². The van der Waals surface area contributed by atoms with Crippen LogP contribution in [0.5, 0.6) is 0 Å². The Morgan fingerprint density at radius 3 is 2.53 bits per heavy atom. The standard InChI is InChI=1S/C24H32N4O3S/c1-18-16-19-8-4-5-9-22(19)28(18)15-12-25-24(29)21-17-20(32(30,31)26(2)3)10-11-23(21)27-13-6-7-14-27/h4-5,8-11,17-18H,6-7,12-16H2,1-3H3,(H,25,29). The maximum absolute atomic E-state index is 13.2. The molecule has 1 saturated heterocycles. The van der Waals surface area contributed by atoms with E-state index in [1.54, 1.807) is 12.1 Å². The number of amides is 1. The van der Waals surface area contributed by atoms with Gasteiger partial charge in [0.05, 0.1) is 10.5 Å². The fourth-order valence-electron chi connectivity index (χ4n) is 4.66. The Kier molecular flexibility index (Phi) is 6.44. The van der Waals surface area contributed by atoms with Gasteiger partial charge in [0.1, 0.15) is 0 Å². The van der Waals surface area contributed by atoms with Crippen molar-refractivity contribution in [2.45, 2.75) is 37.1 Å². The van der Waals surface area contributed by atoms with Crippen molar-refractivity contribution >= 4 is 27.3 Å². The Hall–Kier alpha value is -2.58. The fourth-order valence-corrected chi connectivity index (χ4v) is 5.59. The van der Waals surface area contributed by atoms with Crippen LogP contribution in [0.3, 0.4) is 0 Å². The lowest BCUT2D eigenvalue weighted by Gasteiger charge is -2.26. The summed E-state index contributed by atoms with van der Waals surface area (Å²) in [4.78, 5) is 17.8. The van der Waals surface area contributed by atoms with E-state index in [1.807, 2.05) is 6.07 Å². The lowest BCUT2D eigenvalue weighted by molar-refractivity contribution is 0.0954. The number of para-hydroxylation sites is 1. The lowest BCUT2D eigenvalue weighted by Crippen LogP contribution is -2.38. The van der Waals surface area contributed by atoms with Crippen LogP contribution >= 0.6 is 0 Å². The second kappa shape index (κ2) is 9.11. The molecule has 0 radical (unpaired) electrons. The maximum atomic E-state index is 13.2. The molecule has 1 fully saturated rings. The molecule has 2 aromatic carbocycles. The third-order valence-electron chi connectivity index (χ3n) is 6.42. The summed E-state index contributed by atoms with van der Waals surface area (Å²) in [5.74, 6) is -0.233. The highest BCUT2D eigenvalue weighted by Gasteiger charge is 2.27. The van der Waals surface area contributed by atoms with Crippen LogP contribution in [0.1, 0.15) is 35.7 Å². The fraction of sp³-hybridized carbons (Fsp3) is 0.458. The van der Waals surface area contributed by atoms with Gasteiger partial charge in [0.2, 0.25) is 10.0 Å². The van der Waals surface area contributed by atoms with Gasteiger partial charge in [0, 0.05) is 57.7 Å². The Morgan fingerprint density at radius 1 is 1.09 bits per heavy atom. The zero-order chi connectivity index (χ0) is 22.9. The number of hydrogen-bond donors (Lipinski definition) is 1. The molecule has 2 aliphatic rings. The highest BCUT2D eigenvalue weighted by atomic mass is 32.2. The van der Waals surface area contributed by atoms with Crippen molar-refractivity contribution in [2.75, 3.05) is 50.1 Å². The number of hydrogen-bond acceptors (Lipinski definition) is 5. The molecule has 4 rings (SSSR count). The summed E-state index contributed by atoms with van der Waals surface area (Å²) in [6, 6.07) is 13.7. The van der Waals surface area contributed by atoms with Crippen LogP contribution in [0.15, 0.2) is 47.4 Å². The van der Waals surface area contributed by atoms with Gasteiger partial charge < -0.3 is 15.1 Å². The molecule has 0 saturated carbocycles. The molecule has 32 heavy (non-hydrogen) atoms. The molecule has 1 N–H and O–H groups in total. The number of nitrogens with one attached hydrogen (secondary N) is 1. The number of sulfonamides is 1. The minimum Gasteiger partial charge on any atom is -0.371 e. The zero-order valence-electron chi connectivity index (χ0n) is 19.0. The van der Waals surface area contributed by atoms with E-state index in [1.165, 1.54) is 35.7 Å². The molecule has 0 spiro atoms. The average Bonchev–Trinajstić information content (AvgIpc) is 3.41. The molecule has 172 valence electrons. The summed E-state index contributed by atoms with van der Waals surface area (Å²) >= 11 is 0. The molecular weight excluding hydrogens is 424 g/mol. The van der Waals surface area contributed by atoms with Crippen molar-refractivity contribution < 1.29 is 13.2 Å². The highest BCUT2D eigenvalue weighted by Crippen LogP contribution is 2.31. The average molecular weight is 457 g/mol. The minimum absolute atomic E-state index is 0.137. The monoisotopic (exact) mass is 456 g/mol. The Labute approximate surface area is 191 Å². The van der Waals surface area contributed by atoms with Crippen LogP contribution in [-0.2, 0) is 16.4 Å². The molecule has 1 amide bonds. The van der Waals surface area contributed by atoms with Crippen LogP contribution < -0.4 is 15.1 Å². The first-order chi connectivity index (χ1) is 15.3. The van der Waals surface area contributed by atoms with Gasteiger partial charge in [-0.3, -0.25) is 4.79 Å². The van der Waals surface area contributed by atoms with Crippen LogP contribution in [0, 0.1) is 0 Å². The topological polar surface area (TPSA) is 73.0 Å². The van der Waals surface area contributed by atoms with Crippen LogP contribution in [0.2, 0.25) is 0 Å². The number of carbonyl (C=O) groups excluding carboxylic acids is 1. The van der Waals surface area contributed by atoms with Gasteiger partial charge in [-0.05, 0) is 56.0 Å². The first-order valence-corrected chi connectivity index (χ1v) is 12.7. The SMILES string of the molecule is CC1Cc2ccccc2N1CCNC(=O)c1cc(S(=O)(=O)N(C)C)ccc1N1CCCC1. The molecule has 2 aromatic rings. The Bertz CT molecular complexity index is 1090. The summed E-state index contributed by atoms with van der Waals surface area (Å²) in [5, 5.41) is 3.03. The third-order valence-corrected chi connectivity index (χ3v) is 8.24. The van der Waals surface area contributed by atoms with Crippen molar-refractivity contribution in [2.24, 2.45) is 0 Å². The Morgan fingerprint density at radius 2 is 1.81 bits per heavy atom. The van der Waals surface area contributed by atoms with E-state index < -0.39 is 10.0 Å². The molecule has 2 heterocycles. The summed E-state index contributed by atoms with van der Waals surface area (Å²) in [5.41, 5.74) is 3.79. The second-order valence-corrected chi connectivity index (χ2v) is 10.9. The molecule has 7 nitrogen and oxygen atoms in total.